The summed E-state index contributed by atoms with van der Waals surface area (Å²) in [6.45, 7) is 3.17. The zero-order valence-corrected chi connectivity index (χ0v) is 33.5. The molecule has 0 heterocycles. The summed E-state index contributed by atoms with van der Waals surface area (Å²) in [7, 11) is -5.10. The number of unbranched alkanes of at least 4 members (excludes halogenated alkanes) is 19. The van der Waals surface area contributed by atoms with Gasteiger partial charge in [0, 0.05) is 12.8 Å². The lowest BCUT2D eigenvalue weighted by molar-refractivity contribution is -0.220. The van der Waals surface area contributed by atoms with Crippen LogP contribution >= 0.6 is 7.82 Å². The van der Waals surface area contributed by atoms with E-state index in [1.54, 1.807) is 0 Å². The van der Waals surface area contributed by atoms with Crippen molar-refractivity contribution in [1.82, 2.24) is 0 Å². The molecular formula is C39H73O13P. The lowest BCUT2D eigenvalue weighted by atomic mass is 9.85. The molecule has 6 atom stereocenters. The molecule has 0 aliphatic heterocycles. The maximum absolute atomic E-state index is 12.7. The van der Waals surface area contributed by atoms with E-state index >= 15 is 0 Å². The Bertz CT molecular complexity index is 996. The molecule has 0 spiro atoms. The lowest BCUT2D eigenvalue weighted by Gasteiger charge is -2.41. The van der Waals surface area contributed by atoms with Crippen molar-refractivity contribution in [2.75, 3.05) is 13.2 Å². The van der Waals surface area contributed by atoms with Gasteiger partial charge in [0.1, 0.15) is 43.2 Å². The molecule has 0 aromatic carbocycles. The molecule has 0 bridgehead atoms. The van der Waals surface area contributed by atoms with E-state index in [9.17, 15) is 44.6 Å². The van der Waals surface area contributed by atoms with Crippen LogP contribution in [0, 0.1) is 0 Å². The highest BCUT2D eigenvalue weighted by Crippen LogP contribution is 2.47. The van der Waals surface area contributed by atoms with Crippen LogP contribution in [0.15, 0.2) is 12.2 Å². The first-order valence-electron chi connectivity index (χ1n) is 20.5. The van der Waals surface area contributed by atoms with Crippen molar-refractivity contribution in [3.05, 3.63) is 12.2 Å². The van der Waals surface area contributed by atoms with Crippen molar-refractivity contribution in [3.8, 4) is 0 Å². The van der Waals surface area contributed by atoms with E-state index in [0.29, 0.717) is 12.8 Å². The highest BCUT2D eigenvalue weighted by atomic mass is 31.2. The predicted molar refractivity (Wildman–Crippen MR) is 203 cm³/mol. The van der Waals surface area contributed by atoms with Gasteiger partial charge in [-0.25, -0.2) is 4.57 Å². The standard InChI is InChI=1S/C39H73O13P/c1-3-5-7-9-10-11-12-13-14-15-16-17-18-19-20-21-22-24-26-28-33(41)51-31(29-49-32(40)27-25-23-8-6-4-2)30-50-53(47,48)52-39-37(45)35(43)34(42)36(44)38(39)46/h13-14,31,34-39,42-46H,3-12,15-30H2,1-2H3,(H,47,48)/b14-13-. The summed E-state index contributed by atoms with van der Waals surface area (Å²) in [6.07, 6.45) is 16.3. The number of phosphoric ester groups is 1. The molecule has 53 heavy (non-hydrogen) atoms. The number of aliphatic hydroxyl groups excluding tert-OH is 5. The van der Waals surface area contributed by atoms with Crippen molar-refractivity contribution >= 4 is 19.8 Å². The Hall–Kier alpha value is -1.41. The van der Waals surface area contributed by atoms with E-state index in [4.69, 9.17) is 18.5 Å². The third-order valence-corrected chi connectivity index (χ3v) is 10.6. The van der Waals surface area contributed by atoms with Gasteiger partial charge in [0.2, 0.25) is 0 Å². The second-order valence-electron chi connectivity index (χ2n) is 14.5. The average Bonchev–Trinajstić information content (AvgIpc) is 3.13. The molecule has 1 aliphatic rings. The molecule has 312 valence electrons. The van der Waals surface area contributed by atoms with Crippen molar-refractivity contribution in [2.45, 2.75) is 211 Å². The van der Waals surface area contributed by atoms with Gasteiger partial charge in [-0.15, -0.1) is 0 Å². The quantitative estimate of drug-likeness (QED) is 0.0177. The first-order valence-corrected chi connectivity index (χ1v) is 22.0. The zero-order chi connectivity index (χ0) is 39.3. The van der Waals surface area contributed by atoms with E-state index < -0.39 is 75.7 Å². The minimum absolute atomic E-state index is 0.0973. The Morgan fingerprint density at radius 3 is 1.43 bits per heavy atom. The number of carbonyl (C=O) groups excluding carboxylic acids is 2. The predicted octanol–water partition coefficient (Wildman–Crippen LogP) is 6.72. The molecule has 1 aliphatic carbocycles. The molecule has 0 aromatic rings. The third kappa shape index (κ3) is 24.0. The molecule has 0 amide bonds. The van der Waals surface area contributed by atoms with Crippen LogP contribution in [0.1, 0.15) is 168 Å². The number of allylic oxidation sites excluding steroid dienone is 2. The Labute approximate surface area is 318 Å². The van der Waals surface area contributed by atoms with E-state index in [1.807, 2.05) is 0 Å². The van der Waals surface area contributed by atoms with E-state index in [1.165, 1.54) is 70.6 Å². The molecule has 13 nitrogen and oxygen atoms in total. The van der Waals surface area contributed by atoms with Gasteiger partial charge in [-0.2, -0.15) is 0 Å². The number of hydrogen-bond donors (Lipinski definition) is 6. The molecule has 0 radical (unpaired) electrons. The highest BCUT2D eigenvalue weighted by molar-refractivity contribution is 7.47. The average molecular weight is 781 g/mol. The number of ether oxygens (including phenoxy) is 2. The minimum atomic E-state index is -5.10. The van der Waals surface area contributed by atoms with E-state index in [2.05, 4.69) is 26.0 Å². The fraction of sp³-hybridized carbons (Fsp3) is 0.897. The molecule has 0 saturated heterocycles. The largest absolute Gasteiger partial charge is 0.472 e. The maximum atomic E-state index is 12.7. The smallest absolute Gasteiger partial charge is 0.462 e. The number of hydrogen-bond acceptors (Lipinski definition) is 12. The summed E-state index contributed by atoms with van der Waals surface area (Å²) in [5.74, 6) is -1.11. The maximum Gasteiger partial charge on any atom is 0.472 e. The SMILES string of the molecule is CCCCCCCC/C=C\CCCCCCCCCCCC(=O)OC(COC(=O)CCCCCCC)COP(=O)(O)OC1C(O)C(O)C(O)C(O)C1O. The van der Waals surface area contributed by atoms with Gasteiger partial charge in [-0.1, -0.05) is 129 Å². The fourth-order valence-electron chi connectivity index (χ4n) is 6.22. The number of aliphatic hydroxyl groups is 5. The molecule has 0 aromatic heterocycles. The Morgan fingerprint density at radius 2 is 0.962 bits per heavy atom. The summed E-state index contributed by atoms with van der Waals surface area (Å²) in [6, 6.07) is 0. The first kappa shape index (κ1) is 49.6. The fourth-order valence-corrected chi connectivity index (χ4v) is 7.19. The second kappa shape index (κ2) is 30.8. The Morgan fingerprint density at radius 1 is 0.566 bits per heavy atom. The van der Waals surface area contributed by atoms with Gasteiger partial charge < -0.3 is 39.9 Å². The van der Waals surface area contributed by atoms with Gasteiger partial charge in [-0.05, 0) is 38.5 Å². The molecule has 6 N–H and O–H groups in total. The minimum Gasteiger partial charge on any atom is -0.462 e. The number of carbonyl (C=O) groups is 2. The van der Waals surface area contributed by atoms with Crippen LogP contribution in [0.25, 0.3) is 0 Å². The van der Waals surface area contributed by atoms with Gasteiger partial charge >= 0.3 is 19.8 Å². The molecule has 1 saturated carbocycles. The van der Waals surface area contributed by atoms with Crippen LogP contribution in [0.5, 0.6) is 0 Å². The number of rotatable bonds is 33. The second-order valence-corrected chi connectivity index (χ2v) is 15.9. The summed E-state index contributed by atoms with van der Waals surface area (Å²) in [5.41, 5.74) is 0. The highest BCUT2D eigenvalue weighted by Gasteiger charge is 2.51. The Balaban J connectivity index is 2.39. The van der Waals surface area contributed by atoms with E-state index in [0.717, 1.165) is 57.8 Å². The van der Waals surface area contributed by atoms with Crippen molar-refractivity contribution in [1.29, 1.82) is 0 Å². The Kier molecular flexibility index (Phi) is 28.8. The van der Waals surface area contributed by atoms with Crippen molar-refractivity contribution in [3.63, 3.8) is 0 Å². The topological polar surface area (TPSA) is 210 Å². The van der Waals surface area contributed by atoms with Crippen LogP contribution in [-0.2, 0) is 32.7 Å². The van der Waals surface area contributed by atoms with Gasteiger partial charge in [0.25, 0.3) is 0 Å². The summed E-state index contributed by atoms with van der Waals surface area (Å²) in [4.78, 5) is 35.2. The summed E-state index contributed by atoms with van der Waals surface area (Å²) in [5, 5.41) is 49.8. The summed E-state index contributed by atoms with van der Waals surface area (Å²) >= 11 is 0. The number of esters is 2. The van der Waals surface area contributed by atoms with Crippen molar-refractivity contribution < 1.29 is 63.1 Å². The van der Waals surface area contributed by atoms with Crippen LogP contribution < -0.4 is 0 Å². The normalized spacial score (nSPS) is 23.5. The molecule has 1 rings (SSSR count). The van der Waals surface area contributed by atoms with Crippen molar-refractivity contribution in [2.24, 2.45) is 0 Å². The third-order valence-electron chi connectivity index (χ3n) is 9.61. The lowest BCUT2D eigenvalue weighted by Crippen LogP contribution is -2.64. The van der Waals surface area contributed by atoms with Crippen LogP contribution in [0.4, 0.5) is 0 Å². The summed E-state index contributed by atoms with van der Waals surface area (Å²) < 4.78 is 33.2. The van der Waals surface area contributed by atoms with Crippen LogP contribution in [-0.4, -0.2) is 98.3 Å². The zero-order valence-electron chi connectivity index (χ0n) is 32.6. The molecule has 14 heteroatoms. The van der Waals surface area contributed by atoms with Crippen LogP contribution in [0.2, 0.25) is 0 Å². The molecule has 6 unspecified atom stereocenters. The molecular weight excluding hydrogens is 707 g/mol. The van der Waals surface area contributed by atoms with Gasteiger partial charge in [0.15, 0.2) is 6.10 Å². The first-order chi connectivity index (χ1) is 25.4. The monoisotopic (exact) mass is 780 g/mol. The van der Waals surface area contributed by atoms with E-state index in [-0.39, 0.29) is 12.8 Å². The molecule has 1 fully saturated rings. The van der Waals surface area contributed by atoms with Gasteiger partial charge in [-0.3, -0.25) is 18.6 Å². The number of phosphoric acid groups is 1. The van der Waals surface area contributed by atoms with Crippen LogP contribution in [0.3, 0.4) is 0 Å². The van der Waals surface area contributed by atoms with Gasteiger partial charge in [0.05, 0.1) is 6.61 Å².